The lowest BCUT2D eigenvalue weighted by molar-refractivity contribution is 0.0945. The Hall–Kier alpha value is -1.59. The predicted molar refractivity (Wildman–Crippen MR) is 84.6 cm³/mol. The maximum atomic E-state index is 11.7. The van der Waals surface area contributed by atoms with Crippen molar-refractivity contribution in [2.45, 2.75) is 25.3 Å². The first-order chi connectivity index (χ1) is 10.2. The molecular formula is C16H25N3O2. The van der Waals surface area contributed by atoms with Crippen LogP contribution in [0.1, 0.15) is 29.6 Å². The van der Waals surface area contributed by atoms with Crippen LogP contribution in [-0.4, -0.2) is 55.2 Å². The lowest BCUT2D eigenvalue weighted by Gasteiger charge is -2.18. The standard InChI is InChI=1S/C16H25N3O2/c1-19-10-2-3-14(8-11-19)18-15-6-4-13(5-7-15)16(21)17-9-12-20/h4-7,14,18,20H,2-3,8-12H2,1H3,(H,17,21). The molecular weight excluding hydrogens is 266 g/mol. The van der Waals surface area contributed by atoms with E-state index in [1.807, 2.05) is 24.3 Å². The largest absolute Gasteiger partial charge is 0.395 e. The molecule has 1 heterocycles. The monoisotopic (exact) mass is 291 g/mol. The van der Waals surface area contributed by atoms with Crippen LogP contribution in [0.4, 0.5) is 5.69 Å². The lowest BCUT2D eigenvalue weighted by Crippen LogP contribution is -2.26. The highest BCUT2D eigenvalue weighted by molar-refractivity contribution is 5.94. The number of benzene rings is 1. The second-order valence-corrected chi connectivity index (χ2v) is 5.63. The Kier molecular flexibility index (Phi) is 6.02. The number of anilines is 1. The van der Waals surface area contributed by atoms with Crippen molar-refractivity contribution in [3.8, 4) is 0 Å². The van der Waals surface area contributed by atoms with Crippen molar-refractivity contribution in [1.82, 2.24) is 10.2 Å². The van der Waals surface area contributed by atoms with Crippen molar-refractivity contribution in [2.24, 2.45) is 0 Å². The van der Waals surface area contributed by atoms with E-state index in [0.717, 1.165) is 18.7 Å². The van der Waals surface area contributed by atoms with Crippen LogP contribution >= 0.6 is 0 Å². The van der Waals surface area contributed by atoms with Gasteiger partial charge >= 0.3 is 0 Å². The summed E-state index contributed by atoms with van der Waals surface area (Å²) in [7, 11) is 2.17. The summed E-state index contributed by atoms with van der Waals surface area (Å²) in [5, 5.41) is 14.9. The number of nitrogens with zero attached hydrogens (tertiary/aromatic N) is 1. The number of aliphatic hydroxyl groups excluding tert-OH is 1. The molecule has 0 spiro atoms. The molecule has 1 aromatic rings. The number of aliphatic hydroxyl groups is 1. The number of carbonyl (C=O) groups is 1. The fraction of sp³-hybridized carbons (Fsp3) is 0.562. The molecule has 0 saturated carbocycles. The Labute approximate surface area is 126 Å². The minimum atomic E-state index is -0.147. The van der Waals surface area contributed by atoms with Crippen molar-refractivity contribution in [3.63, 3.8) is 0 Å². The van der Waals surface area contributed by atoms with E-state index in [-0.39, 0.29) is 19.1 Å². The Morgan fingerprint density at radius 2 is 2.05 bits per heavy atom. The molecule has 1 saturated heterocycles. The van der Waals surface area contributed by atoms with Gasteiger partial charge in [-0.2, -0.15) is 0 Å². The van der Waals surface area contributed by atoms with E-state index in [4.69, 9.17) is 5.11 Å². The highest BCUT2D eigenvalue weighted by Gasteiger charge is 2.14. The smallest absolute Gasteiger partial charge is 0.251 e. The Bertz CT molecular complexity index is 447. The van der Waals surface area contributed by atoms with Gasteiger partial charge in [0, 0.05) is 23.8 Å². The molecule has 0 aromatic heterocycles. The molecule has 0 radical (unpaired) electrons. The molecule has 0 bridgehead atoms. The fourth-order valence-electron chi connectivity index (χ4n) is 2.61. The molecule has 1 fully saturated rings. The lowest BCUT2D eigenvalue weighted by atomic mass is 10.1. The van der Waals surface area contributed by atoms with Gasteiger partial charge in [-0.15, -0.1) is 0 Å². The topological polar surface area (TPSA) is 64.6 Å². The number of carbonyl (C=O) groups excluding carboxylic acids is 1. The minimum absolute atomic E-state index is 0.0402. The molecule has 116 valence electrons. The molecule has 2 rings (SSSR count). The number of nitrogens with one attached hydrogen (secondary N) is 2. The summed E-state index contributed by atoms with van der Waals surface area (Å²) < 4.78 is 0. The van der Waals surface area contributed by atoms with Crippen LogP contribution < -0.4 is 10.6 Å². The predicted octanol–water partition coefficient (Wildman–Crippen LogP) is 1.30. The number of likely N-dealkylation sites (tertiary alicyclic amines) is 1. The molecule has 1 unspecified atom stereocenters. The number of rotatable bonds is 5. The van der Waals surface area contributed by atoms with E-state index < -0.39 is 0 Å². The van der Waals surface area contributed by atoms with Gasteiger partial charge in [0.25, 0.3) is 5.91 Å². The Morgan fingerprint density at radius 3 is 2.76 bits per heavy atom. The SMILES string of the molecule is CN1CCCC(Nc2ccc(C(=O)NCCO)cc2)CC1. The van der Waals surface area contributed by atoms with E-state index in [9.17, 15) is 4.79 Å². The first-order valence-corrected chi connectivity index (χ1v) is 7.63. The van der Waals surface area contributed by atoms with Crippen LogP contribution in [0.5, 0.6) is 0 Å². The summed E-state index contributed by atoms with van der Waals surface area (Å²) in [5.41, 5.74) is 1.68. The van der Waals surface area contributed by atoms with Crippen LogP contribution in [0.25, 0.3) is 0 Å². The van der Waals surface area contributed by atoms with Gasteiger partial charge in [-0.1, -0.05) is 0 Å². The van der Waals surface area contributed by atoms with Crippen molar-refractivity contribution >= 4 is 11.6 Å². The number of hydrogen-bond donors (Lipinski definition) is 3. The molecule has 1 amide bonds. The molecule has 1 aliphatic heterocycles. The van der Waals surface area contributed by atoms with E-state index in [1.54, 1.807) is 0 Å². The second kappa shape index (κ2) is 8.00. The van der Waals surface area contributed by atoms with Gasteiger partial charge in [0.1, 0.15) is 0 Å². The van der Waals surface area contributed by atoms with Crippen molar-refractivity contribution in [3.05, 3.63) is 29.8 Å². The van der Waals surface area contributed by atoms with Crippen LogP contribution in [0.3, 0.4) is 0 Å². The van der Waals surface area contributed by atoms with Gasteiger partial charge in [0.05, 0.1) is 6.61 Å². The van der Waals surface area contributed by atoms with Gasteiger partial charge in [-0.3, -0.25) is 4.79 Å². The Morgan fingerprint density at radius 1 is 1.29 bits per heavy atom. The zero-order chi connectivity index (χ0) is 15.1. The van der Waals surface area contributed by atoms with Gasteiger partial charge < -0.3 is 20.6 Å². The first kappa shape index (κ1) is 15.8. The average Bonchev–Trinajstić information content (AvgIpc) is 2.70. The highest BCUT2D eigenvalue weighted by atomic mass is 16.3. The summed E-state index contributed by atoms with van der Waals surface area (Å²) >= 11 is 0. The third-order valence-corrected chi connectivity index (χ3v) is 3.87. The van der Waals surface area contributed by atoms with E-state index >= 15 is 0 Å². The van der Waals surface area contributed by atoms with Crippen LogP contribution in [0.2, 0.25) is 0 Å². The van der Waals surface area contributed by atoms with Crippen molar-refractivity contribution in [2.75, 3.05) is 38.6 Å². The second-order valence-electron chi connectivity index (χ2n) is 5.63. The van der Waals surface area contributed by atoms with Gasteiger partial charge in [0.2, 0.25) is 0 Å². The highest BCUT2D eigenvalue weighted by Crippen LogP contribution is 2.17. The third-order valence-electron chi connectivity index (χ3n) is 3.87. The first-order valence-electron chi connectivity index (χ1n) is 7.63. The molecule has 1 aromatic carbocycles. The van der Waals surface area contributed by atoms with Crippen LogP contribution in [0.15, 0.2) is 24.3 Å². The van der Waals surface area contributed by atoms with Gasteiger partial charge in [-0.25, -0.2) is 0 Å². The van der Waals surface area contributed by atoms with E-state index in [2.05, 4.69) is 22.6 Å². The molecule has 1 aliphatic rings. The molecule has 5 nitrogen and oxygen atoms in total. The zero-order valence-electron chi connectivity index (χ0n) is 12.6. The van der Waals surface area contributed by atoms with E-state index in [0.29, 0.717) is 11.6 Å². The van der Waals surface area contributed by atoms with Gasteiger partial charge in [0.15, 0.2) is 0 Å². The molecule has 21 heavy (non-hydrogen) atoms. The molecule has 0 aliphatic carbocycles. The molecule has 5 heteroatoms. The molecule has 1 atom stereocenters. The normalized spacial score (nSPS) is 19.8. The maximum absolute atomic E-state index is 11.7. The zero-order valence-corrected chi connectivity index (χ0v) is 12.6. The number of amides is 1. The fourth-order valence-corrected chi connectivity index (χ4v) is 2.61. The van der Waals surface area contributed by atoms with Gasteiger partial charge in [-0.05, 0) is 63.7 Å². The third kappa shape index (κ3) is 5.02. The van der Waals surface area contributed by atoms with Crippen LogP contribution in [-0.2, 0) is 0 Å². The van der Waals surface area contributed by atoms with Crippen molar-refractivity contribution < 1.29 is 9.90 Å². The average molecular weight is 291 g/mol. The Balaban J connectivity index is 1.88. The number of hydrogen-bond acceptors (Lipinski definition) is 4. The van der Waals surface area contributed by atoms with Crippen molar-refractivity contribution in [1.29, 1.82) is 0 Å². The summed E-state index contributed by atoms with van der Waals surface area (Å²) in [4.78, 5) is 14.1. The van der Waals surface area contributed by atoms with E-state index in [1.165, 1.54) is 19.4 Å². The summed E-state index contributed by atoms with van der Waals surface area (Å²) in [5.74, 6) is -0.147. The summed E-state index contributed by atoms with van der Waals surface area (Å²) in [6, 6.07) is 8.03. The van der Waals surface area contributed by atoms with Crippen LogP contribution in [0, 0.1) is 0 Å². The summed E-state index contributed by atoms with van der Waals surface area (Å²) in [6.07, 6.45) is 3.55. The maximum Gasteiger partial charge on any atom is 0.251 e. The summed E-state index contributed by atoms with van der Waals surface area (Å²) in [6.45, 7) is 2.54. The minimum Gasteiger partial charge on any atom is -0.395 e. The quantitative estimate of drug-likeness (QED) is 0.765. The molecule has 3 N–H and O–H groups in total.